The van der Waals surface area contributed by atoms with Crippen LogP contribution in [0.25, 0.3) is 0 Å². The first-order chi connectivity index (χ1) is 7.54. The van der Waals surface area contributed by atoms with E-state index < -0.39 is 0 Å². The average molecular weight is 226 g/mol. The Bertz CT molecular complexity index is 234. The summed E-state index contributed by atoms with van der Waals surface area (Å²) < 4.78 is 5.86. The van der Waals surface area contributed by atoms with E-state index in [1.54, 1.807) is 0 Å². The van der Waals surface area contributed by atoms with Gasteiger partial charge in [0.05, 0.1) is 18.8 Å². The number of rotatable bonds is 4. The maximum atomic E-state index is 5.86. The number of hydrogen-bond acceptors (Lipinski definition) is 3. The molecule has 3 nitrogen and oxygen atoms in total. The normalized spacial score (nSPS) is 24.5. The minimum absolute atomic E-state index is 0.274. The summed E-state index contributed by atoms with van der Waals surface area (Å²) in [6.07, 6.45) is 2.53. The van der Waals surface area contributed by atoms with Gasteiger partial charge in [-0.1, -0.05) is 11.6 Å². The highest BCUT2D eigenvalue weighted by molar-refractivity contribution is 5.04. The number of ether oxygens (including phenoxy) is 1. The highest BCUT2D eigenvalue weighted by Crippen LogP contribution is 2.13. The molecule has 2 unspecified atom stereocenters. The SMILES string of the molecule is CNC(C=C(C)C)C1CN(C(C)C)CCO1. The molecule has 94 valence electrons. The molecular formula is C13H26N2O. The van der Waals surface area contributed by atoms with Gasteiger partial charge in [0.15, 0.2) is 0 Å². The number of nitrogens with one attached hydrogen (secondary N) is 1. The molecule has 0 aromatic carbocycles. The topological polar surface area (TPSA) is 24.5 Å². The fraction of sp³-hybridized carbons (Fsp3) is 0.846. The fourth-order valence-corrected chi connectivity index (χ4v) is 2.12. The number of allylic oxidation sites excluding steroid dienone is 1. The minimum Gasteiger partial charge on any atom is -0.374 e. The van der Waals surface area contributed by atoms with Crippen LogP contribution >= 0.6 is 0 Å². The summed E-state index contributed by atoms with van der Waals surface area (Å²) in [6, 6.07) is 0.933. The van der Waals surface area contributed by atoms with Crippen molar-refractivity contribution in [3.8, 4) is 0 Å². The quantitative estimate of drug-likeness (QED) is 0.738. The predicted molar refractivity (Wildman–Crippen MR) is 68.7 cm³/mol. The van der Waals surface area contributed by atoms with Crippen molar-refractivity contribution in [2.24, 2.45) is 0 Å². The van der Waals surface area contributed by atoms with E-state index in [2.05, 4.69) is 44.0 Å². The zero-order valence-corrected chi connectivity index (χ0v) is 11.3. The third-order valence-corrected chi connectivity index (χ3v) is 3.10. The molecule has 1 saturated heterocycles. The van der Waals surface area contributed by atoms with Crippen molar-refractivity contribution in [1.82, 2.24) is 10.2 Å². The van der Waals surface area contributed by atoms with Crippen molar-refractivity contribution in [1.29, 1.82) is 0 Å². The maximum absolute atomic E-state index is 5.86. The molecule has 0 saturated carbocycles. The Kier molecular flexibility index (Phi) is 5.46. The van der Waals surface area contributed by atoms with Gasteiger partial charge >= 0.3 is 0 Å². The van der Waals surface area contributed by atoms with E-state index in [1.165, 1.54) is 5.57 Å². The Balaban J connectivity index is 2.60. The van der Waals surface area contributed by atoms with Crippen LogP contribution in [-0.4, -0.2) is 49.8 Å². The first kappa shape index (κ1) is 13.7. The standard InChI is InChI=1S/C13H26N2O/c1-10(2)8-12(14-5)13-9-15(11(3)4)6-7-16-13/h8,11-14H,6-7,9H2,1-5H3. The van der Waals surface area contributed by atoms with E-state index in [-0.39, 0.29) is 6.10 Å². The van der Waals surface area contributed by atoms with Crippen molar-refractivity contribution in [2.75, 3.05) is 26.7 Å². The van der Waals surface area contributed by atoms with Gasteiger partial charge in [0.1, 0.15) is 0 Å². The monoisotopic (exact) mass is 226 g/mol. The molecule has 1 fully saturated rings. The maximum Gasteiger partial charge on any atom is 0.0891 e. The van der Waals surface area contributed by atoms with E-state index in [0.29, 0.717) is 12.1 Å². The second-order valence-electron chi connectivity index (χ2n) is 5.06. The van der Waals surface area contributed by atoms with Gasteiger partial charge in [-0.3, -0.25) is 4.90 Å². The van der Waals surface area contributed by atoms with Gasteiger partial charge in [0.25, 0.3) is 0 Å². The van der Waals surface area contributed by atoms with Crippen molar-refractivity contribution in [3.63, 3.8) is 0 Å². The van der Waals surface area contributed by atoms with Gasteiger partial charge in [-0.15, -0.1) is 0 Å². The van der Waals surface area contributed by atoms with Gasteiger partial charge in [-0.25, -0.2) is 0 Å². The second kappa shape index (κ2) is 6.38. The smallest absolute Gasteiger partial charge is 0.0891 e. The van der Waals surface area contributed by atoms with E-state index in [1.807, 2.05) is 7.05 Å². The number of likely N-dealkylation sites (N-methyl/N-ethyl adjacent to an activating group) is 1. The van der Waals surface area contributed by atoms with Crippen molar-refractivity contribution < 1.29 is 4.74 Å². The van der Waals surface area contributed by atoms with Crippen LogP contribution in [0.4, 0.5) is 0 Å². The lowest BCUT2D eigenvalue weighted by Gasteiger charge is -2.38. The Labute approximate surface area is 99.8 Å². The van der Waals surface area contributed by atoms with Crippen LogP contribution in [-0.2, 0) is 4.74 Å². The van der Waals surface area contributed by atoms with Crippen molar-refractivity contribution in [2.45, 2.75) is 45.9 Å². The largest absolute Gasteiger partial charge is 0.374 e. The molecule has 0 bridgehead atoms. The van der Waals surface area contributed by atoms with Gasteiger partial charge < -0.3 is 10.1 Å². The first-order valence-electron chi connectivity index (χ1n) is 6.22. The molecular weight excluding hydrogens is 200 g/mol. The summed E-state index contributed by atoms with van der Waals surface area (Å²) in [5.74, 6) is 0. The average Bonchev–Trinajstić information content (AvgIpc) is 2.25. The summed E-state index contributed by atoms with van der Waals surface area (Å²) in [6.45, 7) is 11.7. The minimum atomic E-state index is 0.274. The summed E-state index contributed by atoms with van der Waals surface area (Å²) in [5, 5.41) is 3.33. The Morgan fingerprint density at radius 2 is 2.12 bits per heavy atom. The molecule has 0 aromatic heterocycles. The van der Waals surface area contributed by atoms with Crippen LogP contribution in [0.5, 0.6) is 0 Å². The molecule has 2 atom stereocenters. The lowest BCUT2D eigenvalue weighted by molar-refractivity contribution is -0.0473. The molecule has 16 heavy (non-hydrogen) atoms. The summed E-state index contributed by atoms with van der Waals surface area (Å²) in [4.78, 5) is 2.48. The van der Waals surface area contributed by atoms with E-state index >= 15 is 0 Å². The molecule has 0 aliphatic carbocycles. The zero-order valence-electron chi connectivity index (χ0n) is 11.3. The molecule has 1 rings (SSSR count). The first-order valence-corrected chi connectivity index (χ1v) is 6.22. The van der Waals surface area contributed by atoms with E-state index in [9.17, 15) is 0 Å². The Morgan fingerprint density at radius 1 is 1.44 bits per heavy atom. The molecule has 1 aliphatic rings. The fourth-order valence-electron chi connectivity index (χ4n) is 2.12. The zero-order chi connectivity index (χ0) is 12.1. The van der Waals surface area contributed by atoms with Gasteiger partial charge in [-0.2, -0.15) is 0 Å². The highest BCUT2D eigenvalue weighted by atomic mass is 16.5. The van der Waals surface area contributed by atoms with E-state index in [4.69, 9.17) is 4.74 Å². The van der Waals surface area contributed by atoms with Crippen LogP contribution in [0.2, 0.25) is 0 Å². The van der Waals surface area contributed by atoms with Crippen LogP contribution in [0.1, 0.15) is 27.7 Å². The lowest BCUT2D eigenvalue weighted by atomic mass is 10.1. The van der Waals surface area contributed by atoms with Gasteiger partial charge in [-0.05, 0) is 34.7 Å². The number of morpholine rings is 1. The van der Waals surface area contributed by atoms with E-state index in [0.717, 1.165) is 19.7 Å². The summed E-state index contributed by atoms with van der Waals surface area (Å²) in [7, 11) is 2.00. The molecule has 1 heterocycles. The molecule has 0 spiro atoms. The van der Waals surface area contributed by atoms with Crippen LogP contribution in [0.15, 0.2) is 11.6 Å². The summed E-state index contributed by atoms with van der Waals surface area (Å²) >= 11 is 0. The third-order valence-electron chi connectivity index (χ3n) is 3.10. The molecule has 0 amide bonds. The van der Waals surface area contributed by atoms with Gasteiger partial charge in [0, 0.05) is 19.1 Å². The molecule has 1 aliphatic heterocycles. The van der Waals surface area contributed by atoms with Crippen LogP contribution < -0.4 is 5.32 Å². The third kappa shape index (κ3) is 3.89. The Morgan fingerprint density at radius 3 is 2.62 bits per heavy atom. The van der Waals surface area contributed by atoms with Crippen LogP contribution in [0.3, 0.4) is 0 Å². The number of hydrogen-bond donors (Lipinski definition) is 1. The van der Waals surface area contributed by atoms with Crippen molar-refractivity contribution in [3.05, 3.63) is 11.6 Å². The lowest BCUT2D eigenvalue weighted by Crippen LogP contribution is -2.52. The highest BCUT2D eigenvalue weighted by Gasteiger charge is 2.26. The Hall–Kier alpha value is -0.380. The molecule has 1 N–H and O–H groups in total. The second-order valence-corrected chi connectivity index (χ2v) is 5.06. The molecule has 3 heteroatoms. The van der Waals surface area contributed by atoms with Crippen LogP contribution in [0, 0.1) is 0 Å². The summed E-state index contributed by atoms with van der Waals surface area (Å²) in [5.41, 5.74) is 1.34. The van der Waals surface area contributed by atoms with Crippen molar-refractivity contribution >= 4 is 0 Å². The van der Waals surface area contributed by atoms with Gasteiger partial charge in [0.2, 0.25) is 0 Å². The molecule has 0 radical (unpaired) electrons. The molecule has 0 aromatic rings. The number of nitrogens with zero attached hydrogens (tertiary/aromatic N) is 1. The predicted octanol–water partition coefficient (Wildman–Crippen LogP) is 1.65.